The molecule has 0 unspecified atom stereocenters. The maximum absolute atomic E-state index is 5.44. The summed E-state index contributed by atoms with van der Waals surface area (Å²) < 4.78 is 1.72. The fraction of sp³-hybridized carbons (Fsp3) is 0.500. The van der Waals surface area contributed by atoms with Crippen LogP contribution < -0.4 is 16.2 Å². The number of anilines is 2. The molecule has 108 valence electrons. The van der Waals surface area contributed by atoms with Gasteiger partial charge in [-0.05, 0) is 12.8 Å². The van der Waals surface area contributed by atoms with Gasteiger partial charge in [-0.2, -0.15) is 15.0 Å². The minimum Gasteiger partial charge on any atom is -0.341 e. The predicted molar refractivity (Wildman–Crippen MR) is 77.6 cm³/mol. The summed E-state index contributed by atoms with van der Waals surface area (Å²) in [6, 6.07) is 0. The van der Waals surface area contributed by atoms with E-state index in [9.17, 15) is 0 Å². The SMILES string of the molecule is CCCN(CCC)c1nc(NN)nc(-n2ccnc2)n1. The molecule has 3 N–H and O–H groups in total. The number of nitrogens with zero attached hydrogens (tertiary/aromatic N) is 6. The highest BCUT2D eigenvalue weighted by Gasteiger charge is 2.13. The van der Waals surface area contributed by atoms with Crippen LogP contribution in [-0.2, 0) is 0 Å². The van der Waals surface area contributed by atoms with Gasteiger partial charge in [-0.15, -0.1) is 0 Å². The molecule has 0 radical (unpaired) electrons. The Morgan fingerprint density at radius 3 is 2.50 bits per heavy atom. The summed E-state index contributed by atoms with van der Waals surface area (Å²) in [5.74, 6) is 6.91. The molecule has 0 aromatic carbocycles. The Balaban J connectivity index is 2.38. The van der Waals surface area contributed by atoms with Crippen LogP contribution in [0.3, 0.4) is 0 Å². The number of rotatable bonds is 7. The molecule has 0 fully saturated rings. The van der Waals surface area contributed by atoms with Gasteiger partial charge in [0.05, 0.1) is 0 Å². The number of nitrogens with two attached hydrogens (primary N) is 1. The van der Waals surface area contributed by atoms with Crippen LogP contribution in [0.4, 0.5) is 11.9 Å². The molecule has 0 atom stereocenters. The van der Waals surface area contributed by atoms with Crippen LogP contribution in [0, 0.1) is 0 Å². The van der Waals surface area contributed by atoms with Crippen molar-refractivity contribution >= 4 is 11.9 Å². The zero-order chi connectivity index (χ0) is 14.4. The number of hydrogen-bond acceptors (Lipinski definition) is 7. The Bertz CT molecular complexity index is 518. The number of aromatic nitrogens is 5. The summed E-state index contributed by atoms with van der Waals surface area (Å²) in [7, 11) is 0. The Morgan fingerprint density at radius 2 is 1.95 bits per heavy atom. The number of nitrogens with one attached hydrogen (secondary N) is 1. The van der Waals surface area contributed by atoms with E-state index in [1.807, 2.05) is 0 Å². The lowest BCUT2D eigenvalue weighted by atomic mass is 10.4. The van der Waals surface area contributed by atoms with Gasteiger partial charge in [-0.3, -0.25) is 9.99 Å². The molecule has 2 rings (SSSR count). The summed E-state index contributed by atoms with van der Waals surface area (Å²) in [4.78, 5) is 19.2. The van der Waals surface area contributed by atoms with Crippen LogP contribution in [-0.4, -0.2) is 37.6 Å². The maximum Gasteiger partial charge on any atom is 0.243 e. The van der Waals surface area contributed by atoms with Crippen molar-refractivity contribution in [3.05, 3.63) is 18.7 Å². The number of nitrogen functional groups attached to an aromatic ring is 1. The fourth-order valence-electron chi connectivity index (χ4n) is 1.90. The van der Waals surface area contributed by atoms with Crippen LogP contribution in [0.2, 0.25) is 0 Å². The van der Waals surface area contributed by atoms with E-state index >= 15 is 0 Å². The maximum atomic E-state index is 5.44. The molecular weight excluding hydrogens is 256 g/mol. The summed E-state index contributed by atoms with van der Waals surface area (Å²) in [6.45, 7) is 6.04. The van der Waals surface area contributed by atoms with Gasteiger partial charge < -0.3 is 4.90 Å². The lowest BCUT2D eigenvalue weighted by molar-refractivity contribution is 0.713. The number of hydrogen-bond donors (Lipinski definition) is 2. The predicted octanol–water partition coefficient (Wildman–Crippen LogP) is 0.969. The molecule has 0 spiro atoms. The van der Waals surface area contributed by atoms with Crippen LogP contribution in [0.1, 0.15) is 26.7 Å². The zero-order valence-corrected chi connectivity index (χ0v) is 11.8. The molecule has 0 aliphatic heterocycles. The van der Waals surface area contributed by atoms with E-state index < -0.39 is 0 Å². The summed E-state index contributed by atoms with van der Waals surface area (Å²) >= 11 is 0. The average molecular weight is 276 g/mol. The first-order valence-corrected chi connectivity index (χ1v) is 6.74. The number of imidazole rings is 1. The first-order chi connectivity index (χ1) is 9.78. The Morgan fingerprint density at radius 1 is 1.20 bits per heavy atom. The topological polar surface area (TPSA) is 97.8 Å². The van der Waals surface area contributed by atoms with Gasteiger partial charge in [-0.1, -0.05) is 13.8 Å². The van der Waals surface area contributed by atoms with Crippen LogP contribution >= 0.6 is 0 Å². The van der Waals surface area contributed by atoms with E-state index in [2.05, 4.69) is 44.1 Å². The van der Waals surface area contributed by atoms with Crippen LogP contribution in [0.15, 0.2) is 18.7 Å². The van der Waals surface area contributed by atoms with Crippen molar-refractivity contribution in [3.8, 4) is 5.95 Å². The second-order valence-corrected chi connectivity index (χ2v) is 4.36. The Labute approximate surface area is 118 Å². The molecule has 0 saturated carbocycles. The van der Waals surface area contributed by atoms with Gasteiger partial charge in [0.15, 0.2) is 0 Å². The molecule has 0 aliphatic rings. The van der Waals surface area contributed by atoms with E-state index in [0.29, 0.717) is 17.8 Å². The normalized spacial score (nSPS) is 10.6. The summed E-state index contributed by atoms with van der Waals surface area (Å²) in [6.07, 6.45) is 7.15. The van der Waals surface area contributed by atoms with Gasteiger partial charge in [0.25, 0.3) is 0 Å². The van der Waals surface area contributed by atoms with Crippen LogP contribution in [0.25, 0.3) is 5.95 Å². The Hall–Kier alpha value is -2.22. The molecule has 0 aliphatic carbocycles. The third-order valence-electron chi connectivity index (χ3n) is 2.75. The monoisotopic (exact) mass is 276 g/mol. The molecule has 0 amide bonds. The van der Waals surface area contributed by atoms with Crippen molar-refractivity contribution in [2.24, 2.45) is 5.84 Å². The van der Waals surface area contributed by atoms with Crippen molar-refractivity contribution in [1.29, 1.82) is 0 Å². The molecule has 2 heterocycles. The van der Waals surface area contributed by atoms with Crippen LogP contribution in [0.5, 0.6) is 0 Å². The zero-order valence-electron chi connectivity index (χ0n) is 11.8. The van der Waals surface area contributed by atoms with E-state index in [1.54, 1.807) is 23.3 Å². The molecule has 2 aromatic heterocycles. The molecule has 20 heavy (non-hydrogen) atoms. The highest BCUT2D eigenvalue weighted by molar-refractivity contribution is 5.39. The minimum absolute atomic E-state index is 0.343. The first-order valence-electron chi connectivity index (χ1n) is 6.74. The first kappa shape index (κ1) is 14.2. The Kier molecular flexibility index (Phi) is 4.83. The largest absolute Gasteiger partial charge is 0.341 e. The molecule has 0 bridgehead atoms. The molecular formula is C12H20N8. The molecule has 0 saturated heterocycles. The van der Waals surface area contributed by atoms with E-state index in [1.165, 1.54) is 0 Å². The molecule has 8 nitrogen and oxygen atoms in total. The third kappa shape index (κ3) is 3.21. The second-order valence-electron chi connectivity index (χ2n) is 4.36. The van der Waals surface area contributed by atoms with E-state index in [0.717, 1.165) is 25.9 Å². The van der Waals surface area contributed by atoms with E-state index in [4.69, 9.17) is 5.84 Å². The number of hydrazine groups is 1. The lowest BCUT2D eigenvalue weighted by Crippen LogP contribution is -2.28. The molecule has 8 heteroatoms. The standard InChI is InChI=1S/C12H20N8/c1-3-6-19(7-4-2)11-15-10(18-13)16-12(17-11)20-8-5-14-9-20/h5,8-9H,3-4,6-7,13H2,1-2H3,(H,15,16,17,18). The summed E-state index contributed by atoms with van der Waals surface area (Å²) in [5, 5.41) is 0. The molecule has 2 aromatic rings. The third-order valence-corrected chi connectivity index (χ3v) is 2.75. The highest BCUT2D eigenvalue weighted by Crippen LogP contribution is 2.13. The van der Waals surface area contributed by atoms with Crippen molar-refractivity contribution in [2.45, 2.75) is 26.7 Å². The van der Waals surface area contributed by atoms with Gasteiger partial charge >= 0.3 is 0 Å². The fourth-order valence-corrected chi connectivity index (χ4v) is 1.90. The minimum atomic E-state index is 0.343. The van der Waals surface area contributed by atoms with Gasteiger partial charge in [0.2, 0.25) is 17.8 Å². The quantitative estimate of drug-likeness (QED) is 0.574. The lowest BCUT2D eigenvalue weighted by Gasteiger charge is -2.21. The average Bonchev–Trinajstić information content (AvgIpc) is 3.01. The van der Waals surface area contributed by atoms with Crippen molar-refractivity contribution in [1.82, 2.24) is 24.5 Å². The van der Waals surface area contributed by atoms with Gasteiger partial charge in [0.1, 0.15) is 6.33 Å². The smallest absolute Gasteiger partial charge is 0.243 e. The second kappa shape index (κ2) is 6.80. The van der Waals surface area contributed by atoms with Crippen molar-refractivity contribution in [3.63, 3.8) is 0 Å². The van der Waals surface area contributed by atoms with Crippen molar-refractivity contribution in [2.75, 3.05) is 23.4 Å². The van der Waals surface area contributed by atoms with Gasteiger partial charge in [0, 0.05) is 25.5 Å². The highest BCUT2D eigenvalue weighted by atomic mass is 15.4. The van der Waals surface area contributed by atoms with Crippen molar-refractivity contribution < 1.29 is 0 Å². The summed E-state index contributed by atoms with van der Waals surface area (Å²) in [5.41, 5.74) is 2.49. The van der Waals surface area contributed by atoms with E-state index in [-0.39, 0.29) is 0 Å². The van der Waals surface area contributed by atoms with Gasteiger partial charge in [-0.25, -0.2) is 10.8 Å².